The molecule has 1 saturated heterocycles. The second-order valence-electron chi connectivity index (χ2n) is 5.31. The molecule has 0 aliphatic carbocycles. The molecule has 0 saturated carbocycles. The maximum absolute atomic E-state index is 12.7. The molecular formula is C19H17NO5S. The zero-order chi connectivity index (χ0) is 18.7. The molecule has 0 radical (unpaired) electrons. The summed E-state index contributed by atoms with van der Waals surface area (Å²) in [5, 5.41) is -0.333. The standard InChI is InChI=1S/C19H17NO5S/c1-23-14-9-12(10-15(24-2)17(14)25-3)11-16-18(21)20(19(22)26-16)13-7-5-4-6-8-13/h4-11H,1-3H3. The molecule has 0 aromatic heterocycles. The minimum atomic E-state index is -0.361. The molecule has 134 valence electrons. The summed E-state index contributed by atoms with van der Waals surface area (Å²) in [6, 6.07) is 12.3. The van der Waals surface area contributed by atoms with E-state index in [1.165, 1.54) is 21.3 Å². The molecule has 1 aliphatic rings. The van der Waals surface area contributed by atoms with Crippen LogP contribution in [0.2, 0.25) is 0 Å². The van der Waals surface area contributed by atoms with Gasteiger partial charge in [0.25, 0.3) is 11.1 Å². The quantitative estimate of drug-likeness (QED) is 0.742. The Kier molecular flexibility index (Phi) is 5.18. The molecule has 6 nitrogen and oxygen atoms in total. The molecule has 2 aromatic rings. The Morgan fingerprint density at radius 1 is 0.923 bits per heavy atom. The van der Waals surface area contributed by atoms with Crippen molar-refractivity contribution in [2.75, 3.05) is 26.2 Å². The third-order valence-corrected chi connectivity index (χ3v) is 4.66. The van der Waals surface area contributed by atoms with Gasteiger partial charge in [0, 0.05) is 0 Å². The van der Waals surface area contributed by atoms with E-state index in [1.807, 2.05) is 6.07 Å². The first-order chi connectivity index (χ1) is 12.6. The lowest BCUT2D eigenvalue weighted by atomic mass is 10.1. The van der Waals surface area contributed by atoms with Crippen molar-refractivity contribution in [2.24, 2.45) is 0 Å². The molecule has 26 heavy (non-hydrogen) atoms. The highest BCUT2D eigenvalue weighted by atomic mass is 32.2. The van der Waals surface area contributed by atoms with E-state index >= 15 is 0 Å². The molecule has 0 unspecified atom stereocenters. The number of hydrogen-bond acceptors (Lipinski definition) is 6. The number of imide groups is 1. The number of amides is 2. The van der Waals surface area contributed by atoms with E-state index in [0.29, 0.717) is 33.4 Å². The van der Waals surface area contributed by atoms with Gasteiger partial charge in [0.1, 0.15) is 0 Å². The van der Waals surface area contributed by atoms with Gasteiger partial charge >= 0.3 is 0 Å². The highest BCUT2D eigenvalue weighted by Crippen LogP contribution is 2.40. The van der Waals surface area contributed by atoms with E-state index < -0.39 is 0 Å². The number of nitrogens with zero attached hydrogens (tertiary/aromatic N) is 1. The van der Waals surface area contributed by atoms with Gasteiger partial charge in [0.15, 0.2) is 11.5 Å². The fraction of sp³-hybridized carbons (Fsp3) is 0.158. The normalized spacial score (nSPS) is 15.5. The lowest BCUT2D eigenvalue weighted by molar-refractivity contribution is -0.113. The number of carbonyl (C=O) groups is 2. The highest BCUT2D eigenvalue weighted by Gasteiger charge is 2.36. The predicted octanol–water partition coefficient (Wildman–Crippen LogP) is 3.95. The first kappa shape index (κ1) is 17.9. The Morgan fingerprint density at radius 3 is 2.08 bits per heavy atom. The largest absolute Gasteiger partial charge is 0.493 e. The Morgan fingerprint density at radius 2 is 1.54 bits per heavy atom. The van der Waals surface area contributed by atoms with Crippen molar-refractivity contribution < 1.29 is 23.8 Å². The van der Waals surface area contributed by atoms with Crippen LogP contribution in [0.1, 0.15) is 5.56 Å². The predicted molar refractivity (Wildman–Crippen MR) is 101 cm³/mol. The molecule has 7 heteroatoms. The SMILES string of the molecule is COc1cc(C=C2SC(=O)N(c3ccccc3)C2=O)cc(OC)c1OC. The number of thioether (sulfide) groups is 1. The van der Waals surface area contributed by atoms with Crippen molar-refractivity contribution in [3.8, 4) is 17.2 Å². The number of carbonyl (C=O) groups excluding carboxylic acids is 2. The molecule has 0 spiro atoms. The Labute approximate surface area is 155 Å². The van der Waals surface area contributed by atoms with Gasteiger partial charge in [-0.05, 0) is 47.7 Å². The van der Waals surface area contributed by atoms with Gasteiger partial charge in [0.2, 0.25) is 5.75 Å². The van der Waals surface area contributed by atoms with Gasteiger partial charge in [-0.2, -0.15) is 0 Å². The smallest absolute Gasteiger partial charge is 0.298 e. The number of ether oxygens (including phenoxy) is 3. The van der Waals surface area contributed by atoms with Crippen LogP contribution in [0.3, 0.4) is 0 Å². The van der Waals surface area contributed by atoms with E-state index in [9.17, 15) is 9.59 Å². The van der Waals surface area contributed by atoms with Gasteiger partial charge in [0.05, 0.1) is 31.9 Å². The molecule has 1 aliphatic heterocycles. The second kappa shape index (κ2) is 7.53. The second-order valence-corrected chi connectivity index (χ2v) is 6.30. The van der Waals surface area contributed by atoms with Crippen LogP contribution in [-0.4, -0.2) is 32.5 Å². The van der Waals surface area contributed by atoms with Crippen LogP contribution in [0.5, 0.6) is 17.2 Å². The lowest BCUT2D eigenvalue weighted by Gasteiger charge is -2.13. The zero-order valence-electron chi connectivity index (χ0n) is 14.5. The molecule has 1 heterocycles. The lowest BCUT2D eigenvalue weighted by Crippen LogP contribution is -2.27. The van der Waals surface area contributed by atoms with Crippen LogP contribution in [0.15, 0.2) is 47.4 Å². The molecule has 3 rings (SSSR count). The number of benzene rings is 2. The Bertz CT molecular complexity index is 854. The van der Waals surface area contributed by atoms with Crippen molar-refractivity contribution in [1.82, 2.24) is 0 Å². The summed E-state index contributed by atoms with van der Waals surface area (Å²) >= 11 is 0.894. The van der Waals surface area contributed by atoms with E-state index in [4.69, 9.17) is 14.2 Å². The number of methoxy groups -OCH3 is 3. The highest BCUT2D eigenvalue weighted by molar-refractivity contribution is 8.19. The van der Waals surface area contributed by atoms with E-state index in [0.717, 1.165) is 16.7 Å². The molecular weight excluding hydrogens is 354 g/mol. The number of anilines is 1. The molecule has 0 N–H and O–H groups in total. The van der Waals surface area contributed by atoms with E-state index in [-0.39, 0.29) is 11.1 Å². The molecule has 1 fully saturated rings. The van der Waals surface area contributed by atoms with Crippen molar-refractivity contribution >= 4 is 34.7 Å². The van der Waals surface area contributed by atoms with Crippen LogP contribution in [-0.2, 0) is 4.79 Å². The maximum Gasteiger partial charge on any atom is 0.298 e. The molecule has 0 atom stereocenters. The van der Waals surface area contributed by atoms with Crippen molar-refractivity contribution in [2.45, 2.75) is 0 Å². The monoisotopic (exact) mass is 371 g/mol. The van der Waals surface area contributed by atoms with Crippen LogP contribution in [0, 0.1) is 0 Å². The minimum Gasteiger partial charge on any atom is -0.493 e. The zero-order valence-corrected chi connectivity index (χ0v) is 15.3. The third-order valence-electron chi connectivity index (χ3n) is 3.79. The minimum absolute atomic E-state index is 0.327. The summed E-state index contributed by atoms with van der Waals surface area (Å²) in [5.74, 6) is 1.05. The average Bonchev–Trinajstić information content (AvgIpc) is 2.94. The summed E-state index contributed by atoms with van der Waals surface area (Å²) in [6.07, 6.45) is 1.64. The summed E-state index contributed by atoms with van der Waals surface area (Å²) in [6.45, 7) is 0. The van der Waals surface area contributed by atoms with Crippen LogP contribution >= 0.6 is 11.8 Å². The fourth-order valence-corrected chi connectivity index (χ4v) is 3.44. The van der Waals surface area contributed by atoms with Crippen LogP contribution in [0.25, 0.3) is 6.08 Å². The summed E-state index contributed by atoms with van der Waals surface area (Å²) in [5.41, 5.74) is 1.21. The van der Waals surface area contributed by atoms with Gasteiger partial charge in [-0.25, -0.2) is 4.90 Å². The third kappa shape index (κ3) is 3.25. The van der Waals surface area contributed by atoms with Crippen molar-refractivity contribution in [3.63, 3.8) is 0 Å². The van der Waals surface area contributed by atoms with E-state index in [1.54, 1.807) is 42.5 Å². The molecule has 2 aromatic carbocycles. The average molecular weight is 371 g/mol. The first-order valence-electron chi connectivity index (χ1n) is 7.72. The number of rotatable bonds is 5. The van der Waals surface area contributed by atoms with Gasteiger partial charge in [-0.3, -0.25) is 9.59 Å². The van der Waals surface area contributed by atoms with Crippen molar-refractivity contribution in [1.29, 1.82) is 0 Å². The van der Waals surface area contributed by atoms with Crippen molar-refractivity contribution in [3.05, 3.63) is 52.9 Å². The first-order valence-corrected chi connectivity index (χ1v) is 8.53. The topological polar surface area (TPSA) is 65.1 Å². The van der Waals surface area contributed by atoms with Gasteiger partial charge < -0.3 is 14.2 Å². The number of hydrogen-bond donors (Lipinski definition) is 0. The number of para-hydroxylation sites is 1. The van der Waals surface area contributed by atoms with Gasteiger partial charge in [-0.15, -0.1) is 0 Å². The maximum atomic E-state index is 12.7. The van der Waals surface area contributed by atoms with E-state index in [2.05, 4.69) is 0 Å². The van der Waals surface area contributed by atoms with Crippen LogP contribution < -0.4 is 19.1 Å². The summed E-state index contributed by atoms with van der Waals surface area (Å²) in [4.78, 5) is 26.5. The molecule has 0 bridgehead atoms. The fourth-order valence-electron chi connectivity index (χ4n) is 2.60. The summed E-state index contributed by atoms with van der Waals surface area (Å²) in [7, 11) is 4.56. The molecule has 2 amide bonds. The van der Waals surface area contributed by atoms with Crippen LogP contribution in [0.4, 0.5) is 10.5 Å². The Hall–Kier alpha value is -2.93. The Balaban J connectivity index is 1.98. The van der Waals surface area contributed by atoms with Gasteiger partial charge in [-0.1, -0.05) is 18.2 Å². The summed E-state index contributed by atoms with van der Waals surface area (Å²) < 4.78 is 15.9.